The summed E-state index contributed by atoms with van der Waals surface area (Å²) in [4.78, 5) is 11.3. The first kappa shape index (κ1) is 9.05. The Morgan fingerprint density at radius 2 is 2.27 bits per heavy atom. The van der Waals surface area contributed by atoms with Crippen LogP contribution in [0.5, 0.6) is 0 Å². The van der Waals surface area contributed by atoms with E-state index in [2.05, 4.69) is 6.92 Å². The standard InChI is InChI=1S/C9H15ClO/c1-2-7-5-3-4-6-8(11)9(7)10/h7,9H,2-6H2,1H3. The van der Waals surface area contributed by atoms with Gasteiger partial charge in [0.05, 0.1) is 5.38 Å². The number of halogens is 1. The maximum absolute atomic E-state index is 11.3. The lowest BCUT2D eigenvalue weighted by Gasteiger charge is -2.15. The normalized spacial score (nSPS) is 33.5. The Labute approximate surface area is 73.1 Å². The van der Waals surface area contributed by atoms with Gasteiger partial charge >= 0.3 is 0 Å². The second kappa shape index (κ2) is 4.10. The quantitative estimate of drug-likeness (QED) is 0.442. The van der Waals surface area contributed by atoms with Crippen molar-refractivity contribution in [3.8, 4) is 0 Å². The fourth-order valence-corrected chi connectivity index (χ4v) is 2.08. The van der Waals surface area contributed by atoms with E-state index in [4.69, 9.17) is 11.6 Å². The fourth-order valence-electron chi connectivity index (χ4n) is 1.66. The molecule has 0 bridgehead atoms. The molecule has 0 aliphatic heterocycles. The van der Waals surface area contributed by atoms with Crippen molar-refractivity contribution >= 4 is 17.4 Å². The van der Waals surface area contributed by atoms with Crippen LogP contribution in [0.4, 0.5) is 0 Å². The van der Waals surface area contributed by atoms with Gasteiger partial charge in [0, 0.05) is 6.42 Å². The molecular formula is C9H15ClO. The highest BCUT2D eigenvalue weighted by Crippen LogP contribution is 2.27. The van der Waals surface area contributed by atoms with Crippen molar-refractivity contribution in [2.24, 2.45) is 5.92 Å². The molecule has 0 saturated heterocycles. The molecule has 1 aliphatic carbocycles. The van der Waals surface area contributed by atoms with Crippen molar-refractivity contribution in [2.45, 2.75) is 44.4 Å². The molecule has 0 radical (unpaired) electrons. The van der Waals surface area contributed by atoms with Gasteiger partial charge in [-0.3, -0.25) is 4.79 Å². The number of ketones is 1. The Kier molecular flexibility index (Phi) is 3.38. The molecule has 2 unspecified atom stereocenters. The van der Waals surface area contributed by atoms with Gasteiger partial charge in [0.25, 0.3) is 0 Å². The van der Waals surface area contributed by atoms with E-state index in [0.717, 1.165) is 19.3 Å². The van der Waals surface area contributed by atoms with Gasteiger partial charge in [0.15, 0.2) is 5.78 Å². The molecule has 0 heterocycles. The topological polar surface area (TPSA) is 17.1 Å². The van der Waals surface area contributed by atoms with Crippen LogP contribution in [0.2, 0.25) is 0 Å². The molecule has 2 heteroatoms. The highest BCUT2D eigenvalue weighted by molar-refractivity contribution is 6.31. The maximum atomic E-state index is 11.3. The number of hydrogen-bond donors (Lipinski definition) is 0. The van der Waals surface area contributed by atoms with Crippen LogP contribution in [0, 0.1) is 5.92 Å². The zero-order chi connectivity index (χ0) is 8.27. The fraction of sp³-hybridized carbons (Fsp3) is 0.889. The van der Waals surface area contributed by atoms with E-state index in [1.165, 1.54) is 6.42 Å². The second-order valence-corrected chi connectivity index (χ2v) is 3.75. The minimum absolute atomic E-state index is 0.192. The van der Waals surface area contributed by atoms with Crippen molar-refractivity contribution in [1.82, 2.24) is 0 Å². The molecule has 0 amide bonds. The first-order valence-corrected chi connectivity index (χ1v) is 4.86. The zero-order valence-electron chi connectivity index (χ0n) is 6.98. The van der Waals surface area contributed by atoms with E-state index in [-0.39, 0.29) is 11.2 Å². The van der Waals surface area contributed by atoms with Crippen molar-refractivity contribution in [2.75, 3.05) is 0 Å². The van der Waals surface area contributed by atoms with Gasteiger partial charge in [-0.2, -0.15) is 0 Å². The number of carbonyl (C=O) groups is 1. The molecule has 1 rings (SSSR count). The number of alkyl halides is 1. The largest absolute Gasteiger partial charge is 0.298 e. The zero-order valence-corrected chi connectivity index (χ0v) is 7.73. The third-order valence-corrected chi connectivity index (χ3v) is 3.09. The molecule has 64 valence electrons. The van der Waals surface area contributed by atoms with Crippen molar-refractivity contribution in [3.63, 3.8) is 0 Å². The van der Waals surface area contributed by atoms with Gasteiger partial charge in [0.1, 0.15) is 0 Å². The van der Waals surface area contributed by atoms with Crippen LogP contribution in [0.3, 0.4) is 0 Å². The molecule has 1 fully saturated rings. The smallest absolute Gasteiger partial charge is 0.150 e. The van der Waals surface area contributed by atoms with Crippen LogP contribution in [-0.4, -0.2) is 11.2 Å². The van der Waals surface area contributed by atoms with Crippen LogP contribution in [0.1, 0.15) is 39.0 Å². The summed E-state index contributed by atoms with van der Waals surface area (Å²) in [5.41, 5.74) is 0. The molecular weight excluding hydrogens is 160 g/mol. The Morgan fingerprint density at radius 1 is 1.55 bits per heavy atom. The van der Waals surface area contributed by atoms with Gasteiger partial charge in [-0.25, -0.2) is 0 Å². The van der Waals surface area contributed by atoms with Gasteiger partial charge in [-0.1, -0.05) is 19.8 Å². The lowest BCUT2D eigenvalue weighted by Crippen LogP contribution is -2.21. The molecule has 1 aliphatic rings. The first-order chi connectivity index (χ1) is 5.25. The van der Waals surface area contributed by atoms with E-state index >= 15 is 0 Å². The van der Waals surface area contributed by atoms with Crippen LogP contribution >= 0.6 is 11.6 Å². The predicted molar refractivity (Wildman–Crippen MR) is 46.9 cm³/mol. The number of rotatable bonds is 1. The van der Waals surface area contributed by atoms with Crippen molar-refractivity contribution < 1.29 is 4.79 Å². The van der Waals surface area contributed by atoms with Crippen LogP contribution in [-0.2, 0) is 4.79 Å². The molecule has 1 saturated carbocycles. The summed E-state index contributed by atoms with van der Waals surface area (Å²) >= 11 is 5.99. The Hall–Kier alpha value is -0.0400. The highest BCUT2D eigenvalue weighted by Gasteiger charge is 2.26. The maximum Gasteiger partial charge on any atom is 0.150 e. The van der Waals surface area contributed by atoms with Crippen molar-refractivity contribution in [3.05, 3.63) is 0 Å². The monoisotopic (exact) mass is 174 g/mol. The summed E-state index contributed by atoms with van der Waals surface area (Å²) in [5.74, 6) is 0.697. The van der Waals surface area contributed by atoms with Gasteiger partial charge in [-0.05, 0) is 18.8 Å². The summed E-state index contributed by atoms with van der Waals surface area (Å²) in [7, 11) is 0. The number of hydrogen-bond acceptors (Lipinski definition) is 1. The summed E-state index contributed by atoms with van der Waals surface area (Å²) in [6, 6.07) is 0. The van der Waals surface area contributed by atoms with E-state index in [1.54, 1.807) is 0 Å². The van der Waals surface area contributed by atoms with E-state index in [0.29, 0.717) is 12.3 Å². The molecule has 11 heavy (non-hydrogen) atoms. The Balaban J connectivity index is 2.56. The summed E-state index contributed by atoms with van der Waals surface area (Å²) in [6.45, 7) is 2.11. The average Bonchev–Trinajstić information content (AvgIpc) is 2.16. The van der Waals surface area contributed by atoms with Crippen LogP contribution in [0.25, 0.3) is 0 Å². The molecule has 0 aromatic heterocycles. The molecule has 0 aromatic carbocycles. The third kappa shape index (κ3) is 2.19. The highest BCUT2D eigenvalue weighted by atomic mass is 35.5. The van der Waals surface area contributed by atoms with E-state index < -0.39 is 0 Å². The first-order valence-electron chi connectivity index (χ1n) is 4.42. The average molecular weight is 175 g/mol. The number of carbonyl (C=O) groups excluding carboxylic acids is 1. The minimum atomic E-state index is -0.192. The Morgan fingerprint density at radius 3 is 2.91 bits per heavy atom. The van der Waals surface area contributed by atoms with Crippen LogP contribution in [0.15, 0.2) is 0 Å². The molecule has 0 N–H and O–H groups in total. The predicted octanol–water partition coefficient (Wildman–Crippen LogP) is 2.76. The molecule has 2 atom stereocenters. The molecule has 1 nitrogen and oxygen atoms in total. The molecule has 0 spiro atoms. The summed E-state index contributed by atoms with van der Waals surface area (Å²) in [5, 5.41) is -0.192. The second-order valence-electron chi connectivity index (χ2n) is 3.28. The lowest BCUT2D eigenvalue weighted by molar-refractivity contribution is -0.119. The SMILES string of the molecule is CCC1CCCCC(=O)C1Cl. The Bertz CT molecular complexity index is 144. The van der Waals surface area contributed by atoms with Gasteiger partial charge in [0.2, 0.25) is 0 Å². The summed E-state index contributed by atoms with van der Waals surface area (Å²) in [6.07, 6.45) is 5.09. The lowest BCUT2D eigenvalue weighted by atomic mass is 9.97. The number of Topliss-reactive ketones (excluding diaryl/α,β-unsaturated/α-hetero) is 1. The summed E-state index contributed by atoms with van der Waals surface area (Å²) < 4.78 is 0. The van der Waals surface area contributed by atoms with Gasteiger partial charge in [-0.15, -0.1) is 11.6 Å². The minimum Gasteiger partial charge on any atom is -0.298 e. The van der Waals surface area contributed by atoms with Crippen molar-refractivity contribution in [1.29, 1.82) is 0 Å². The molecule has 0 aromatic rings. The van der Waals surface area contributed by atoms with E-state index in [9.17, 15) is 4.79 Å². The van der Waals surface area contributed by atoms with E-state index in [1.807, 2.05) is 0 Å². The third-order valence-electron chi connectivity index (χ3n) is 2.49. The van der Waals surface area contributed by atoms with Gasteiger partial charge < -0.3 is 0 Å². The van der Waals surface area contributed by atoms with Crippen LogP contribution < -0.4 is 0 Å².